The lowest BCUT2D eigenvalue weighted by molar-refractivity contribution is -0.151. The van der Waals surface area contributed by atoms with Gasteiger partial charge in [-0.05, 0) is 12.5 Å². The van der Waals surface area contributed by atoms with E-state index < -0.39 is 11.4 Å². The third-order valence-electron chi connectivity index (χ3n) is 4.19. The second-order valence-corrected chi connectivity index (χ2v) is 5.61. The number of carbonyl (C=O) groups excluding carboxylic acids is 1. The van der Waals surface area contributed by atoms with Gasteiger partial charge >= 0.3 is 5.97 Å². The molecule has 0 radical (unpaired) electrons. The Bertz CT molecular complexity index is 726. The topological polar surface area (TPSA) is 95.5 Å². The number of H-pyrrole nitrogens is 1. The normalized spacial score (nSPS) is 21.4. The number of hydrogen-bond acceptors (Lipinski definition) is 4. The average Bonchev–Trinajstić information content (AvgIpc) is 3.12. The number of nitrogens with zero attached hydrogens (tertiary/aromatic N) is 2. The number of hydrogen-bond donors (Lipinski definition) is 2. The minimum Gasteiger partial charge on any atom is -0.481 e. The number of aromatic nitrogens is 2. The summed E-state index contributed by atoms with van der Waals surface area (Å²) in [7, 11) is 1.47. The van der Waals surface area contributed by atoms with Gasteiger partial charge in [0.05, 0.1) is 12.1 Å². The summed E-state index contributed by atoms with van der Waals surface area (Å²) in [4.78, 5) is 25.7. The fourth-order valence-electron chi connectivity index (χ4n) is 2.95. The van der Waals surface area contributed by atoms with Gasteiger partial charge in [0, 0.05) is 25.6 Å². The Kier molecular flexibility index (Phi) is 3.58. The first-order valence-corrected chi connectivity index (χ1v) is 7.02. The summed E-state index contributed by atoms with van der Waals surface area (Å²) < 4.78 is 5.04. The average molecular weight is 303 g/mol. The van der Waals surface area contributed by atoms with Crippen molar-refractivity contribution in [2.75, 3.05) is 26.8 Å². The number of methoxy groups -OCH3 is 1. The predicted molar refractivity (Wildman–Crippen MR) is 78.6 cm³/mol. The first kappa shape index (κ1) is 14.5. The zero-order valence-electron chi connectivity index (χ0n) is 12.2. The Morgan fingerprint density at radius 3 is 2.95 bits per heavy atom. The summed E-state index contributed by atoms with van der Waals surface area (Å²) in [6.45, 7) is 0.610. The van der Waals surface area contributed by atoms with Crippen LogP contribution in [-0.2, 0) is 9.53 Å². The van der Waals surface area contributed by atoms with Crippen molar-refractivity contribution in [3.8, 4) is 0 Å². The van der Waals surface area contributed by atoms with E-state index in [0.717, 1.165) is 10.9 Å². The number of carboxylic acids is 1. The van der Waals surface area contributed by atoms with Crippen molar-refractivity contribution in [3.63, 3.8) is 0 Å². The van der Waals surface area contributed by atoms with Gasteiger partial charge in [-0.1, -0.05) is 18.2 Å². The summed E-state index contributed by atoms with van der Waals surface area (Å²) in [6.07, 6.45) is 0.379. The van der Waals surface area contributed by atoms with E-state index in [4.69, 9.17) is 4.74 Å². The van der Waals surface area contributed by atoms with Crippen molar-refractivity contribution >= 4 is 22.8 Å². The van der Waals surface area contributed by atoms with Gasteiger partial charge in [0.2, 0.25) is 0 Å². The SMILES string of the molecule is COCC1(C(=O)O)CCN(C(=O)c2n[nH]c3ccccc23)C1. The van der Waals surface area contributed by atoms with Crippen LogP contribution in [0.25, 0.3) is 10.9 Å². The van der Waals surface area contributed by atoms with Crippen molar-refractivity contribution in [3.05, 3.63) is 30.0 Å². The molecular formula is C15H17N3O4. The summed E-state index contributed by atoms with van der Waals surface area (Å²) in [5.41, 5.74) is 0.0805. The largest absolute Gasteiger partial charge is 0.481 e. The molecular weight excluding hydrogens is 286 g/mol. The van der Waals surface area contributed by atoms with Gasteiger partial charge in [0.15, 0.2) is 5.69 Å². The monoisotopic (exact) mass is 303 g/mol. The molecule has 2 N–H and O–H groups in total. The number of carbonyl (C=O) groups is 2. The fourth-order valence-corrected chi connectivity index (χ4v) is 2.95. The van der Waals surface area contributed by atoms with Crippen LogP contribution in [-0.4, -0.2) is 58.9 Å². The molecule has 116 valence electrons. The number of likely N-dealkylation sites (tertiary alicyclic amines) is 1. The van der Waals surface area contributed by atoms with Gasteiger partial charge < -0.3 is 14.7 Å². The molecule has 1 aliphatic rings. The number of carboxylic acid groups (broad SMARTS) is 1. The quantitative estimate of drug-likeness (QED) is 0.882. The smallest absolute Gasteiger partial charge is 0.313 e. The molecule has 1 amide bonds. The Morgan fingerprint density at radius 1 is 1.45 bits per heavy atom. The van der Waals surface area contributed by atoms with Crippen LogP contribution >= 0.6 is 0 Å². The number of nitrogens with one attached hydrogen (secondary N) is 1. The fraction of sp³-hybridized carbons (Fsp3) is 0.400. The van der Waals surface area contributed by atoms with Gasteiger partial charge in [0.1, 0.15) is 5.41 Å². The maximum absolute atomic E-state index is 12.6. The zero-order valence-corrected chi connectivity index (χ0v) is 12.2. The van der Waals surface area contributed by atoms with Gasteiger partial charge in [-0.3, -0.25) is 14.7 Å². The maximum Gasteiger partial charge on any atom is 0.313 e. The van der Waals surface area contributed by atoms with Crippen molar-refractivity contribution in [1.29, 1.82) is 0 Å². The van der Waals surface area contributed by atoms with Crippen LogP contribution in [0.3, 0.4) is 0 Å². The van der Waals surface area contributed by atoms with Crippen molar-refractivity contribution in [2.24, 2.45) is 5.41 Å². The number of aliphatic carboxylic acids is 1. The minimum atomic E-state index is -1.03. The Hall–Kier alpha value is -2.41. The second kappa shape index (κ2) is 5.42. The Morgan fingerprint density at radius 2 is 2.23 bits per heavy atom. The molecule has 22 heavy (non-hydrogen) atoms. The van der Waals surface area contributed by atoms with Crippen LogP contribution in [0.15, 0.2) is 24.3 Å². The summed E-state index contributed by atoms with van der Waals surface area (Å²) in [5, 5.41) is 17.1. The van der Waals surface area contributed by atoms with E-state index in [2.05, 4.69) is 10.2 Å². The van der Waals surface area contributed by atoms with Gasteiger partial charge in [-0.25, -0.2) is 0 Å². The molecule has 3 rings (SSSR count). The molecule has 7 heteroatoms. The van der Waals surface area contributed by atoms with Crippen LogP contribution in [0.5, 0.6) is 0 Å². The van der Waals surface area contributed by atoms with E-state index in [9.17, 15) is 14.7 Å². The first-order chi connectivity index (χ1) is 10.6. The molecule has 2 aromatic rings. The predicted octanol–water partition coefficient (Wildman–Crippen LogP) is 1.13. The number of rotatable bonds is 4. The van der Waals surface area contributed by atoms with Gasteiger partial charge in [0.25, 0.3) is 5.91 Å². The molecule has 1 saturated heterocycles. The lowest BCUT2D eigenvalue weighted by Gasteiger charge is -2.23. The van der Waals surface area contributed by atoms with Gasteiger partial charge in [-0.15, -0.1) is 0 Å². The molecule has 1 aromatic heterocycles. The molecule has 2 heterocycles. The summed E-state index contributed by atoms with van der Waals surface area (Å²) in [5.74, 6) is -1.19. The van der Waals surface area contributed by atoms with Crippen molar-refractivity contribution in [1.82, 2.24) is 15.1 Å². The van der Waals surface area contributed by atoms with E-state index in [1.165, 1.54) is 12.0 Å². The van der Waals surface area contributed by atoms with Crippen molar-refractivity contribution in [2.45, 2.75) is 6.42 Å². The highest BCUT2D eigenvalue weighted by Crippen LogP contribution is 2.32. The molecule has 1 aliphatic heterocycles. The Labute approximate surface area is 126 Å². The number of para-hydroxylation sites is 1. The molecule has 1 unspecified atom stereocenters. The van der Waals surface area contributed by atoms with E-state index in [0.29, 0.717) is 18.7 Å². The Balaban J connectivity index is 1.86. The van der Waals surface area contributed by atoms with Crippen LogP contribution < -0.4 is 0 Å². The molecule has 0 aliphatic carbocycles. The number of ether oxygens (including phenoxy) is 1. The molecule has 0 spiro atoms. The molecule has 0 saturated carbocycles. The lowest BCUT2D eigenvalue weighted by Crippen LogP contribution is -2.40. The van der Waals surface area contributed by atoms with Crippen LogP contribution in [0, 0.1) is 5.41 Å². The highest BCUT2D eigenvalue weighted by molar-refractivity contribution is 6.04. The molecule has 7 nitrogen and oxygen atoms in total. The van der Waals surface area contributed by atoms with Crippen LogP contribution in [0.4, 0.5) is 0 Å². The molecule has 0 bridgehead atoms. The summed E-state index contributed by atoms with van der Waals surface area (Å²) in [6, 6.07) is 7.36. The van der Waals surface area contributed by atoms with E-state index in [1.54, 1.807) is 0 Å². The number of benzene rings is 1. The number of amides is 1. The summed E-state index contributed by atoms with van der Waals surface area (Å²) >= 11 is 0. The van der Waals surface area contributed by atoms with E-state index in [1.807, 2.05) is 24.3 Å². The van der Waals surface area contributed by atoms with Crippen LogP contribution in [0.1, 0.15) is 16.9 Å². The highest BCUT2D eigenvalue weighted by Gasteiger charge is 2.47. The number of fused-ring (bicyclic) bond motifs is 1. The second-order valence-electron chi connectivity index (χ2n) is 5.61. The maximum atomic E-state index is 12.6. The number of aromatic amines is 1. The standard InChI is InChI=1S/C15H17N3O4/c1-22-9-15(14(20)21)6-7-18(8-15)13(19)12-10-4-2-3-5-11(10)16-17-12/h2-5H,6-9H2,1H3,(H,16,17)(H,20,21). The third-order valence-corrected chi connectivity index (χ3v) is 4.19. The third kappa shape index (κ3) is 2.23. The first-order valence-electron chi connectivity index (χ1n) is 7.02. The molecule has 1 aromatic carbocycles. The highest BCUT2D eigenvalue weighted by atomic mass is 16.5. The molecule has 1 atom stereocenters. The van der Waals surface area contributed by atoms with Gasteiger partial charge in [-0.2, -0.15) is 5.10 Å². The van der Waals surface area contributed by atoms with E-state index in [-0.39, 0.29) is 19.1 Å². The zero-order chi connectivity index (χ0) is 15.7. The lowest BCUT2D eigenvalue weighted by atomic mass is 9.88. The van der Waals surface area contributed by atoms with Crippen LogP contribution in [0.2, 0.25) is 0 Å². The van der Waals surface area contributed by atoms with E-state index >= 15 is 0 Å². The minimum absolute atomic E-state index is 0.0907. The van der Waals surface area contributed by atoms with Crippen molar-refractivity contribution < 1.29 is 19.4 Å². The molecule has 1 fully saturated rings.